The number of aryl methyl sites for hydroxylation is 1. The summed E-state index contributed by atoms with van der Waals surface area (Å²) in [5.41, 5.74) is 9.96. The quantitative estimate of drug-likeness (QED) is 0.721. The lowest BCUT2D eigenvalue weighted by Crippen LogP contribution is -1.88. The molecule has 0 unspecified atom stereocenters. The minimum atomic E-state index is 0.753. The lowest BCUT2D eigenvalue weighted by molar-refractivity contribution is 1.46. The molecule has 76 valence electrons. The van der Waals surface area contributed by atoms with Crippen LogP contribution >= 0.6 is 11.6 Å². The van der Waals surface area contributed by atoms with Crippen LogP contribution in [0.4, 0.5) is 5.69 Å². The van der Waals surface area contributed by atoms with E-state index in [2.05, 4.69) is 0 Å². The first-order chi connectivity index (χ1) is 7.16. The highest BCUT2D eigenvalue weighted by molar-refractivity contribution is 6.30. The van der Waals surface area contributed by atoms with E-state index in [0.717, 1.165) is 21.8 Å². The third-order valence-corrected chi connectivity index (χ3v) is 2.62. The number of hydrogen-bond acceptors (Lipinski definition) is 1. The number of hydrogen-bond donors (Lipinski definition) is 1. The summed E-state index contributed by atoms with van der Waals surface area (Å²) in [5.74, 6) is 0. The molecule has 0 bridgehead atoms. The van der Waals surface area contributed by atoms with Gasteiger partial charge in [0, 0.05) is 10.7 Å². The molecule has 2 heteroatoms. The van der Waals surface area contributed by atoms with E-state index in [-0.39, 0.29) is 0 Å². The van der Waals surface area contributed by atoms with E-state index in [4.69, 9.17) is 17.3 Å². The minimum absolute atomic E-state index is 0.753. The maximum atomic E-state index is 5.95. The maximum Gasteiger partial charge on any atom is 0.0412 e. The summed E-state index contributed by atoms with van der Waals surface area (Å²) < 4.78 is 0. The van der Waals surface area contributed by atoms with Gasteiger partial charge in [0.05, 0.1) is 0 Å². The molecule has 0 fully saturated rings. The van der Waals surface area contributed by atoms with Gasteiger partial charge < -0.3 is 5.73 Å². The van der Waals surface area contributed by atoms with Crippen molar-refractivity contribution in [1.82, 2.24) is 0 Å². The number of nitrogen functional groups attached to an aromatic ring is 1. The van der Waals surface area contributed by atoms with Crippen molar-refractivity contribution in [3.8, 4) is 11.1 Å². The highest BCUT2D eigenvalue weighted by Gasteiger charge is 2.02. The molecule has 0 amide bonds. The lowest BCUT2D eigenvalue weighted by Gasteiger charge is -2.07. The molecule has 0 saturated carbocycles. The molecule has 2 aromatic carbocycles. The Morgan fingerprint density at radius 2 is 1.87 bits per heavy atom. The van der Waals surface area contributed by atoms with Gasteiger partial charge in [0.15, 0.2) is 0 Å². The van der Waals surface area contributed by atoms with Crippen molar-refractivity contribution in [2.24, 2.45) is 0 Å². The van der Waals surface area contributed by atoms with Gasteiger partial charge in [-0.05, 0) is 47.9 Å². The Morgan fingerprint density at radius 3 is 2.53 bits per heavy atom. The summed E-state index contributed by atoms with van der Waals surface area (Å²) in [5, 5.41) is 0.753. The molecule has 0 aliphatic carbocycles. The normalized spacial score (nSPS) is 10.3. The van der Waals surface area contributed by atoms with Gasteiger partial charge in [-0.25, -0.2) is 0 Å². The first-order valence-electron chi connectivity index (χ1n) is 4.79. The van der Waals surface area contributed by atoms with Crippen LogP contribution in [0.25, 0.3) is 11.1 Å². The van der Waals surface area contributed by atoms with Gasteiger partial charge >= 0.3 is 0 Å². The van der Waals surface area contributed by atoms with Crippen LogP contribution in [0, 0.1) is 6.92 Å². The van der Waals surface area contributed by atoms with E-state index in [9.17, 15) is 0 Å². The van der Waals surface area contributed by atoms with E-state index in [1.807, 2.05) is 49.4 Å². The fourth-order valence-electron chi connectivity index (χ4n) is 1.67. The number of nitrogens with two attached hydrogens (primary N) is 1. The van der Waals surface area contributed by atoms with E-state index >= 15 is 0 Å². The van der Waals surface area contributed by atoms with E-state index in [1.54, 1.807) is 0 Å². The molecule has 0 heterocycles. The highest BCUT2D eigenvalue weighted by Crippen LogP contribution is 2.26. The van der Waals surface area contributed by atoms with Gasteiger partial charge in [-0.2, -0.15) is 0 Å². The number of rotatable bonds is 1. The molecule has 1 nitrogen and oxygen atoms in total. The summed E-state index contributed by atoms with van der Waals surface area (Å²) in [6.45, 7) is 2.05. The molecule has 2 aromatic rings. The van der Waals surface area contributed by atoms with Crippen LogP contribution < -0.4 is 5.73 Å². The largest absolute Gasteiger partial charge is 0.399 e. The fourth-order valence-corrected chi connectivity index (χ4v) is 1.86. The van der Waals surface area contributed by atoms with Crippen LogP contribution in [0.3, 0.4) is 0 Å². The van der Waals surface area contributed by atoms with Gasteiger partial charge in [-0.1, -0.05) is 29.8 Å². The molecule has 2 rings (SSSR count). The molecule has 0 atom stereocenters. The van der Waals surface area contributed by atoms with Gasteiger partial charge in [0.25, 0.3) is 0 Å². The molecular formula is C13H12ClN. The van der Waals surface area contributed by atoms with Crippen LogP contribution in [-0.2, 0) is 0 Å². The SMILES string of the molecule is Cc1cc(N)ccc1-c1cccc(Cl)c1. The zero-order chi connectivity index (χ0) is 10.8. The number of halogens is 1. The van der Waals surface area contributed by atoms with E-state index in [0.29, 0.717) is 0 Å². The summed E-state index contributed by atoms with van der Waals surface area (Å²) in [4.78, 5) is 0. The van der Waals surface area contributed by atoms with Crippen LogP contribution in [0.5, 0.6) is 0 Å². The third kappa shape index (κ3) is 2.13. The molecule has 0 spiro atoms. The van der Waals surface area contributed by atoms with Crippen molar-refractivity contribution in [1.29, 1.82) is 0 Å². The standard InChI is InChI=1S/C13H12ClN/c1-9-7-12(15)5-6-13(9)10-3-2-4-11(14)8-10/h2-8H,15H2,1H3. The average molecular weight is 218 g/mol. The minimum Gasteiger partial charge on any atom is -0.399 e. The average Bonchev–Trinajstić information content (AvgIpc) is 2.17. The predicted molar refractivity (Wildman–Crippen MR) is 66.0 cm³/mol. The Bertz CT molecular complexity index is 492. The summed E-state index contributed by atoms with van der Waals surface area (Å²) in [6, 6.07) is 13.7. The number of benzene rings is 2. The second kappa shape index (κ2) is 3.95. The summed E-state index contributed by atoms with van der Waals surface area (Å²) in [6.07, 6.45) is 0. The molecule has 0 aromatic heterocycles. The van der Waals surface area contributed by atoms with Crippen molar-refractivity contribution >= 4 is 17.3 Å². The zero-order valence-corrected chi connectivity index (χ0v) is 9.25. The Kier molecular flexibility index (Phi) is 2.65. The highest BCUT2D eigenvalue weighted by atomic mass is 35.5. The van der Waals surface area contributed by atoms with Crippen molar-refractivity contribution in [3.63, 3.8) is 0 Å². The van der Waals surface area contributed by atoms with Crippen molar-refractivity contribution < 1.29 is 0 Å². The first kappa shape index (κ1) is 10.1. The summed E-state index contributed by atoms with van der Waals surface area (Å²) in [7, 11) is 0. The van der Waals surface area contributed by atoms with Crippen molar-refractivity contribution in [2.45, 2.75) is 6.92 Å². The molecule has 2 N–H and O–H groups in total. The Morgan fingerprint density at radius 1 is 1.07 bits per heavy atom. The molecule has 15 heavy (non-hydrogen) atoms. The fraction of sp³-hybridized carbons (Fsp3) is 0.0769. The van der Waals surface area contributed by atoms with Crippen molar-refractivity contribution in [3.05, 3.63) is 53.1 Å². The molecular weight excluding hydrogens is 206 g/mol. The number of anilines is 1. The first-order valence-corrected chi connectivity index (χ1v) is 5.17. The van der Waals surface area contributed by atoms with Crippen LogP contribution in [0.1, 0.15) is 5.56 Å². The molecule has 0 radical (unpaired) electrons. The monoisotopic (exact) mass is 217 g/mol. The van der Waals surface area contributed by atoms with Crippen LogP contribution in [0.15, 0.2) is 42.5 Å². The third-order valence-electron chi connectivity index (χ3n) is 2.39. The second-order valence-electron chi connectivity index (χ2n) is 3.58. The molecule has 0 saturated heterocycles. The van der Waals surface area contributed by atoms with Gasteiger partial charge in [0.2, 0.25) is 0 Å². The predicted octanol–water partition coefficient (Wildman–Crippen LogP) is 3.90. The smallest absolute Gasteiger partial charge is 0.0412 e. The van der Waals surface area contributed by atoms with Gasteiger partial charge in [0.1, 0.15) is 0 Å². The molecule has 0 aliphatic heterocycles. The lowest BCUT2D eigenvalue weighted by atomic mass is 10.0. The van der Waals surface area contributed by atoms with E-state index in [1.165, 1.54) is 5.56 Å². The Balaban J connectivity index is 2.54. The zero-order valence-electron chi connectivity index (χ0n) is 8.50. The molecule has 0 aliphatic rings. The van der Waals surface area contributed by atoms with Crippen LogP contribution in [-0.4, -0.2) is 0 Å². The van der Waals surface area contributed by atoms with E-state index < -0.39 is 0 Å². The van der Waals surface area contributed by atoms with Crippen molar-refractivity contribution in [2.75, 3.05) is 5.73 Å². The Labute approximate surface area is 94.5 Å². The topological polar surface area (TPSA) is 26.0 Å². The van der Waals surface area contributed by atoms with Crippen LogP contribution in [0.2, 0.25) is 5.02 Å². The maximum absolute atomic E-state index is 5.95. The summed E-state index contributed by atoms with van der Waals surface area (Å²) >= 11 is 5.95. The Hall–Kier alpha value is -1.47. The van der Waals surface area contributed by atoms with Gasteiger partial charge in [-0.15, -0.1) is 0 Å². The second-order valence-corrected chi connectivity index (χ2v) is 4.02. The van der Waals surface area contributed by atoms with Gasteiger partial charge in [-0.3, -0.25) is 0 Å².